The molecule has 1 aromatic rings. The molecule has 0 aliphatic carbocycles. The summed E-state index contributed by atoms with van der Waals surface area (Å²) in [5, 5.41) is 0. The highest BCUT2D eigenvalue weighted by Crippen LogP contribution is 2.15. The second-order valence-corrected chi connectivity index (χ2v) is 2.79. The zero-order chi connectivity index (χ0) is 8.43. The molecule has 0 spiro atoms. The van der Waals surface area contributed by atoms with Crippen molar-refractivity contribution >= 4 is 12.4 Å². The van der Waals surface area contributed by atoms with E-state index in [1.165, 1.54) is 12.1 Å². The zero-order valence-corrected chi connectivity index (χ0v) is 7.99. The van der Waals surface area contributed by atoms with Crippen LogP contribution in [0.25, 0.3) is 0 Å². The van der Waals surface area contributed by atoms with E-state index in [2.05, 4.69) is 0 Å². The van der Waals surface area contributed by atoms with Crippen LogP contribution in [0.5, 0.6) is 0 Å². The lowest BCUT2D eigenvalue weighted by atomic mass is 10.0. The van der Waals surface area contributed by atoms with Gasteiger partial charge >= 0.3 is 0 Å². The molecule has 0 aliphatic heterocycles. The summed E-state index contributed by atoms with van der Waals surface area (Å²) in [5.41, 5.74) is 7.56. The van der Waals surface area contributed by atoms with E-state index in [1.807, 2.05) is 13.8 Å². The fraction of sp³-hybridized carbons (Fsp3) is 0.333. The van der Waals surface area contributed by atoms with Crippen molar-refractivity contribution in [1.82, 2.24) is 0 Å². The predicted octanol–water partition coefficient (Wildman–Crippen LogP) is 2.58. The molecule has 0 unspecified atom stereocenters. The zero-order valence-electron chi connectivity index (χ0n) is 7.17. The van der Waals surface area contributed by atoms with Crippen LogP contribution in [0.15, 0.2) is 18.2 Å². The summed E-state index contributed by atoms with van der Waals surface area (Å²) in [7, 11) is 0. The first kappa shape index (κ1) is 11.4. The van der Waals surface area contributed by atoms with E-state index < -0.39 is 0 Å². The van der Waals surface area contributed by atoms with Gasteiger partial charge in [0.25, 0.3) is 0 Å². The van der Waals surface area contributed by atoms with Gasteiger partial charge in [-0.3, -0.25) is 0 Å². The number of rotatable bonds is 1. The van der Waals surface area contributed by atoms with Crippen molar-refractivity contribution in [3.05, 3.63) is 35.1 Å². The van der Waals surface area contributed by atoms with E-state index >= 15 is 0 Å². The lowest BCUT2D eigenvalue weighted by Gasteiger charge is -2.08. The molecule has 0 heterocycles. The standard InChI is InChI=1S/C9H12FN.ClH/c1-6-5-8(10)3-4-9(6)7(2)11;/h3-5,7H,11H2,1-2H3;1H/t7-;/m0./s1. The van der Waals surface area contributed by atoms with Gasteiger partial charge in [0.05, 0.1) is 0 Å². The second kappa shape index (κ2) is 4.43. The quantitative estimate of drug-likeness (QED) is 0.722. The molecule has 0 bridgehead atoms. The maximum Gasteiger partial charge on any atom is 0.123 e. The number of hydrogen-bond acceptors (Lipinski definition) is 1. The summed E-state index contributed by atoms with van der Waals surface area (Å²) in [6, 6.07) is 4.65. The average molecular weight is 190 g/mol. The SMILES string of the molecule is Cc1cc(F)ccc1[C@H](C)N.Cl. The minimum absolute atomic E-state index is 0. The fourth-order valence-electron chi connectivity index (χ4n) is 1.15. The molecule has 1 atom stereocenters. The minimum atomic E-state index is -0.202. The van der Waals surface area contributed by atoms with E-state index in [9.17, 15) is 4.39 Å². The first-order valence-electron chi connectivity index (χ1n) is 3.63. The van der Waals surface area contributed by atoms with E-state index in [0.29, 0.717) is 0 Å². The highest BCUT2D eigenvalue weighted by atomic mass is 35.5. The van der Waals surface area contributed by atoms with Crippen LogP contribution in [0.2, 0.25) is 0 Å². The molecule has 0 saturated carbocycles. The predicted molar refractivity (Wildman–Crippen MR) is 51.0 cm³/mol. The smallest absolute Gasteiger partial charge is 0.123 e. The van der Waals surface area contributed by atoms with Crippen molar-refractivity contribution in [2.75, 3.05) is 0 Å². The second-order valence-electron chi connectivity index (χ2n) is 2.79. The molecule has 1 nitrogen and oxygen atoms in total. The highest BCUT2D eigenvalue weighted by Gasteiger charge is 2.02. The van der Waals surface area contributed by atoms with Crippen molar-refractivity contribution < 1.29 is 4.39 Å². The van der Waals surface area contributed by atoms with Crippen molar-refractivity contribution in [2.24, 2.45) is 5.73 Å². The molecule has 1 aromatic carbocycles. The Balaban J connectivity index is 0.00000121. The first-order valence-corrected chi connectivity index (χ1v) is 3.63. The van der Waals surface area contributed by atoms with Gasteiger partial charge in [0.2, 0.25) is 0 Å². The largest absolute Gasteiger partial charge is 0.324 e. The summed E-state index contributed by atoms with van der Waals surface area (Å²) in [6.07, 6.45) is 0. The van der Waals surface area contributed by atoms with Gasteiger partial charge in [-0.15, -0.1) is 12.4 Å². The molecule has 68 valence electrons. The third-order valence-electron chi connectivity index (χ3n) is 1.72. The summed E-state index contributed by atoms with van der Waals surface area (Å²) in [4.78, 5) is 0. The molecule has 0 aliphatic rings. The third-order valence-corrected chi connectivity index (χ3v) is 1.72. The molecule has 0 saturated heterocycles. The number of benzene rings is 1. The van der Waals surface area contributed by atoms with E-state index in [4.69, 9.17) is 5.73 Å². The minimum Gasteiger partial charge on any atom is -0.324 e. The number of hydrogen-bond donors (Lipinski definition) is 1. The number of aryl methyl sites for hydroxylation is 1. The van der Waals surface area contributed by atoms with Crippen LogP contribution in [-0.2, 0) is 0 Å². The van der Waals surface area contributed by atoms with Gasteiger partial charge in [0, 0.05) is 6.04 Å². The van der Waals surface area contributed by atoms with Crippen LogP contribution in [0.1, 0.15) is 24.1 Å². The molecule has 2 N–H and O–H groups in total. The Labute approximate surface area is 78.2 Å². The van der Waals surface area contributed by atoms with Crippen molar-refractivity contribution in [2.45, 2.75) is 19.9 Å². The summed E-state index contributed by atoms with van der Waals surface area (Å²) in [5.74, 6) is -0.202. The molecule has 1 rings (SSSR count). The Morgan fingerprint density at radius 2 is 2.00 bits per heavy atom. The highest BCUT2D eigenvalue weighted by molar-refractivity contribution is 5.85. The fourth-order valence-corrected chi connectivity index (χ4v) is 1.15. The lowest BCUT2D eigenvalue weighted by molar-refractivity contribution is 0.624. The van der Waals surface area contributed by atoms with Crippen LogP contribution >= 0.6 is 12.4 Å². The lowest BCUT2D eigenvalue weighted by Crippen LogP contribution is -2.06. The Hall–Kier alpha value is -0.600. The Morgan fingerprint density at radius 3 is 2.42 bits per heavy atom. The van der Waals surface area contributed by atoms with Crippen LogP contribution in [-0.4, -0.2) is 0 Å². The first-order chi connectivity index (χ1) is 5.11. The Bertz CT molecular complexity index is 261. The van der Waals surface area contributed by atoms with Gasteiger partial charge in [-0.1, -0.05) is 6.07 Å². The maximum atomic E-state index is 12.6. The van der Waals surface area contributed by atoms with Crippen molar-refractivity contribution in [1.29, 1.82) is 0 Å². The van der Waals surface area contributed by atoms with Gasteiger partial charge in [0.15, 0.2) is 0 Å². The third kappa shape index (κ3) is 2.47. The Morgan fingerprint density at radius 1 is 1.42 bits per heavy atom. The maximum absolute atomic E-state index is 12.6. The molecule has 0 aromatic heterocycles. The molecule has 12 heavy (non-hydrogen) atoms. The molecule has 3 heteroatoms. The summed E-state index contributed by atoms with van der Waals surface area (Å²) >= 11 is 0. The van der Waals surface area contributed by atoms with Crippen LogP contribution in [0.3, 0.4) is 0 Å². The van der Waals surface area contributed by atoms with E-state index in [-0.39, 0.29) is 24.3 Å². The molecular formula is C9H13ClFN. The number of halogens is 2. The van der Waals surface area contributed by atoms with Crippen molar-refractivity contribution in [3.8, 4) is 0 Å². The van der Waals surface area contributed by atoms with Crippen LogP contribution in [0, 0.1) is 12.7 Å². The molecule has 0 fully saturated rings. The normalized spacial score (nSPS) is 12.0. The van der Waals surface area contributed by atoms with Gasteiger partial charge in [-0.25, -0.2) is 4.39 Å². The molecular weight excluding hydrogens is 177 g/mol. The topological polar surface area (TPSA) is 26.0 Å². The monoisotopic (exact) mass is 189 g/mol. The average Bonchev–Trinajstić information content (AvgIpc) is 1.85. The molecule has 0 amide bonds. The van der Waals surface area contributed by atoms with Gasteiger partial charge in [-0.2, -0.15) is 0 Å². The van der Waals surface area contributed by atoms with Gasteiger partial charge < -0.3 is 5.73 Å². The van der Waals surface area contributed by atoms with E-state index in [1.54, 1.807) is 6.07 Å². The van der Waals surface area contributed by atoms with Crippen LogP contribution < -0.4 is 5.73 Å². The van der Waals surface area contributed by atoms with Gasteiger partial charge in [-0.05, 0) is 37.1 Å². The van der Waals surface area contributed by atoms with Gasteiger partial charge in [0.1, 0.15) is 5.82 Å². The van der Waals surface area contributed by atoms with Crippen molar-refractivity contribution in [3.63, 3.8) is 0 Å². The summed E-state index contributed by atoms with van der Waals surface area (Å²) < 4.78 is 12.6. The van der Waals surface area contributed by atoms with Crippen LogP contribution in [0.4, 0.5) is 4.39 Å². The Kier molecular flexibility index (Phi) is 4.21. The van der Waals surface area contributed by atoms with E-state index in [0.717, 1.165) is 11.1 Å². The number of nitrogens with two attached hydrogens (primary N) is 1. The molecule has 0 radical (unpaired) electrons. The summed E-state index contributed by atoms with van der Waals surface area (Å²) in [6.45, 7) is 3.75.